The summed E-state index contributed by atoms with van der Waals surface area (Å²) < 4.78 is 5.88. The molecule has 1 aliphatic rings. The van der Waals surface area contributed by atoms with Gasteiger partial charge in [0.2, 0.25) is 5.91 Å². The topological polar surface area (TPSA) is 64.3 Å². The van der Waals surface area contributed by atoms with E-state index in [9.17, 15) is 4.79 Å². The first-order valence-corrected chi connectivity index (χ1v) is 6.65. The van der Waals surface area contributed by atoms with Gasteiger partial charge in [0.1, 0.15) is 11.9 Å². The average molecular weight is 262 g/mol. The smallest absolute Gasteiger partial charge is 0.219 e. The van der Waals surface area contributed by atoms with Crippen molar-refractivity contribution in [3.05, 3.63) is 29.3 Å². The zero-order valence-corrected chi connectivity index (χ0v) is 11.8. The van der Waals surface area contributed by atoms with Crippen LogP contribution in [-0.4, -0.2) is 24.1 Å². The highest BCUT2D eigenvalue weighted by molar-refractivity contribution is 5.75. The molecule has 1 aromatic carbocycles. The summed E-state index contributed by atoms with van der Waals surface area (Å²) in [6.07, 6.45) is 1.37. The Morgan fingerprint density at radius 3 is 2.95 bits per heavy atom. The molecule has 1 unspecified atom stereocenters. The molecule has 4 nitrogen and oxygen atoms in total. The highest BCUT2D eigenvalue weighted by Crippen LogP contribution is 2.29. The van der Waals surface area contributed by atoms with Gasteiger partial charge in [-0.05, 0) is 32.4 Å². The lowest BCUT2D eigenvalue weighted by Gasteiger charge is -2.26. The summed E-state index contributed by atoms with van der Waals surface area (Å²) in [5.74, 6) is 0.689. The SMILES string of the molecule is Cc1ccc2c(c1)CC(CNC(C)(C)CC(N)=O)O2. The molecule has 1 aliphatic heterocycles. The molecule has 0 saturated heterocycles. The Labute approximate surface area is 114 Å². The molecule has 0 aliphatic carbocycles. The van der Waals surface area contributed by atoms with E-state index in [0.29, 0.717) is 13.0 Å². The number of carbonyl (C=O) groups is 1. The first kappa shape index (κ1) is 13.9. The normalized spacial score (nSPS) is 17.9. The summed E-state index contributed by atoms with van der Waals surface area (Å²) in [5.41, 5.74) is 7.46. The number of hydrogen-bond acceptors (Lipinski definition) is 3. The van der Waals surface area contributed by atoms with Gasteiger partial charge in [-0.1, -0.05) is 17.7 Å². The number of ether oxygens (including phenoxy) is 1. The number of primary amides is 1. The standard InChI is InChI=1S/C15H22N2O2/c1-10-4-5-13-11(6-10)7-12(19-13)9-17-15(2,3)8-14(16)18/h4-6,12,17H,7-9H2,1-3H3,(H2,16,18). The van der Waals surface area contributed by atoms with Crippen LogP contribution >= 0.6 is 0 Å². The van der Waals surface area contributed by atoms with Crippen LogP contribution in [0.1, 0.15) is 31.4 Å². The first-order valence-electron chi connectivity index (χ1n) is 6.65. The fraction of sp³-hybridized carbons (Fsp3) is 0.533. The van der Waals surface area contributed by atoms with E-state index < -0.39 is 0 Å². The van der Waals surface area contributed by atoms with Crippen LogP contribution in [0.3, 0.4) is 0 Å². The zero-order valence-electron chi connectivity index (χ0n) is 11.8. The Morgan fingerprint density at radius 2 is 2.26 bits per heavy atom. The molecule has 3 N–H and O–H groups in total. The van der Waals surface area contributed by atoms with Gasteiger partial charge in [0.05, 0.1) is 0 Å². The molecule has 2 rings (SSSR count). The Morgan fingerprint density at radius 1 is 1.53 bits per heavy atom. The maximum atomic E-state index is 11.0. The van der Waals surface area contributed by atoms with Gasteiger partial charge in [-0.25, -0.2) is 0 Å². The summed E-state index contributed by atoms with van der Waals surface area (Å²) in [4.78, 5) is 11.0. The van der Waals surface area contributed by atoms with Crippen molar-refractivity contribution < 1.29 is 9.53 Å². The van der Waals surface area contributed by atoms with Crippen LogP contribution in [0.4, 0.5) is 0 Å². The van der Waals surface area contributed by atoms with Crippen molar-refractivity contribution in [3.63, 3.8) is 0 Å². The largest absolute Gasteiger partial charge is 0.488 e. The van der Waals surface area contributed by atoms with E-state index >= 15 is 0 Å². The van der Waals surface area contributed by atoms with Crippen molar-refractivity contribution in [2.75, 3.05) is 6.54 Å². The van der Waals surface area contributed by atoms with E-state index in [0.717, 1.165) is 12.2 Å². The van der Waals surface area contributed by atoms with Crippen LogP contribution in [0.25, 0.3) is 0 Å². The van der Waals surface area contributed by atoms with Crippen molar-refractivity contribution in [1.82, 2.24) is 5.32 Å². The van der Waals surface area contributed by atoms with Crippen LogP contribution in [-0.2, 0) is 11.2 Å². The minimum Gasteiger partial charge on any atom is -0.488 e. The first-order chi connectivity index (χ1) is 8.85. The van der Waals surface area contributed by atoms with Crippen molar-refractivity contribution >= 4 is 5.91 Å². The minimum atomic E-state index is -0.292. The lowest BCUT2D eigenvalue weighted by Crippen LogP contribution is -2.46. The van der Waals surface area contributed by atoms with Gasteiger partial charge >= 0.3 is 0 Å². The predicted molar refractivity (Wildman–Crippen MR) is 75.2 cm³/mol. The van der Waals surface area contributed by atoms with Crippen molar-refractivity contribution in [1.29, 1.82) is 0 Å². The summed E-state index contributed by atoms with van der Waals surface area (Å²) in [6, 6.07) is 6.26. The van der Waals surface area contributed by atoms with Gasteiger partial charge in [0.25, 0.3) is 0 Å². The second-order valence-corrected chi connectivity index (χ2v) is 5.96. The molecule has 1 atom stereocenters. The third-order valence-electron chi connectivity index (χ3n) is 3.38. The van der Waals surface area contributed by atoms with Crippen molar-refractivity contribution in [3.8, 4) is 5.75 Å². The number of rotatable bonds is 5. The van der Waals surface area contributed by atoms with Gasteiger partial charge in [-0.3, -0.25) is 4.79 Å². The van der Waals surface area contributed by atoms with E-state index in [2.05, 4.69) is 24.4 Å². The van der Waals surface area contributed by atoms with Crippen LogP contribution in [0.2, 0.25) is 0 Å². The van der Waals surface area contributed by atoms with E-state index in [1.54, 1.807) is 0 Å². The second kappa shape index (κ2) is 5.21. The Balaban J connectivity index is 1.89. The minimum absolute atomic E-state index is 0.129. The van der Waals surface area contributed by atoms with Crippen LogP contribution < -0.4 is 15.8 Å². The quantitative estimate of drug-likeness (QED) is 0.846. The molecule has 1 aromatic rings. The average Bonchev–Trinajstić information content (AvgIpc) is 2.66. The fourth-order valence-corrected chi connectivity index (χ4v) is 2.45. The van der Waals surface area contributed by atoms with E-state index in [1.165, 1.54) is 11.1 Å². The molecule has 1 amide bonds. The number of hydrogen-bond donors (Lipinski definition) is 2. The van der Waals surface area contributed by atoms with E-state index in [4.69, 9.17) is 10.5 Å². The monoisotopic (exact) mass is 262 g/mol. The van der Waals surface area contributed by atoms with Crippen LogP contribution in [0.5, 0.6) is 5.75 Å². The summed E-state index contributed by atoms with van der Waals surface area (Å²) in [6.45, 7) is 6.75. The molecule has 4 heteroatoms. The van der Waals surface area contributed by atoms with E-state index in [-0.39, 0.29) is 17.6 Å². The number of carbonyl (C=O) groups excluding carboxylic acids is 1. The maximum absolute atomic E-state index is 11.0. The summed E-state index contributed by atoms with van der Waals surface area (Å²) >= 11 is 0. The molecular weight excluding hydrogens is 240 g/mol. The number of nitrogens with two attached hydrogens (primary N) is 1. The Bertz CT molecular complexity index is 483. The molecular formula is C15H22N2O2. The fourth-order valence-electron chi connectivity index (χ4n) is 2.45. The molecule has 0 fully saturated rings. The third-order valence-corrected chi connectivity index (χ3v) is 3.38. The summed E-state index contributed by atoms with van der Waals surface area (Å²) in [7, 11) is 0. The van der Waals surface area contributed by atoms with Gasteiger partial charge < -0.3 is 15.8 Å². The lowest BCUT2D eigenvalue weighted by molar-refractivity contribution is -0.119. The Kier molecular flexibility index (Phi) is 3.80. The number of benzene rings is 1. The van der Waals surface area contributed by atoms with Crippen molar-refractivity contribution in [2.45, 2.75) is 45.3 Å². The highest BCUT2D eigenvalue weighted by atomic mass is 16.5. The van der Waals surface area contributed by atoms with Gasteiger partial charge in [0, 0.05) is 24.9 Å². The predicted octanol–water partition coefficient (Wildman–Crippen LogP) is 1.54. The zero-order chi connectivity index (χ0) is 14.0. The lowest BCUT2D eigenvalue weighted by atomic mass is 9.99. The van der Waals surface area contributed by atoms with E-state index in [1.807, 2.05) is 19.9 Å². The molecule has 0 saturated carbocycles. The van der Waals surface area contributed by atoms with Gasteiger partial charge in [-0.15, -0.1) is 0 Å². The van der Waals surface area contributed by atoms with Crippen LogP contribution in [0.15, 0.2) is 18.2 Å². The van der Waals surface area contributed by atoms with Crippen molar-refractivity contribution in [2.24, 2.45) is 5.73 Å². The van der Waals surface area contributed by atoms with Gasteiger partial charge in [-0.2, -0.15) is 0 Å². The van der Waals surface area contributed by atoms with Gasteiger partial charge in [0.15, 0.2) is 0 Å². The number of amides is 1. The second-order valence-electron chi connectivity index (χ2n) is 5.96. The maximum Gasteiger partial charge on any atom is 0.219 e. The highest BCUT2D eigenvalue weighted by Gasteiger charge is 2.26. The molecule has 0 aromatic heterocycles. The van der Waals surface area contributed by atoms with Crippen LogP contribution in [0, 0.1) is 6.92 Å². The number of fused-ring (bicyclic) bond motifs is 1. The number of nitrogens with one attached hydrogen (secondary N) is 1. The molecule has 1 heterocycles. The Hall–Kier alpha value is -1.55. The molecule has 19 heavy (non-hydrogen) atoms. The number of aryl methyl sites for hydroxylation is 1. The summed E-state index contributed by atoms with van der Waals surface area (Å²) in [5, 5.41) is 3.36. The third kappa shape index (κ3) is 3.70. The molecule has 0 spiro atoms. The molecule has 0 bridgehead atoms. The molecule has 0 radical (unpaired) electrons. The molecule has 104 valence electrons.